The van der Waals surface area contributed by atoms with Gasteiger partial charge in [0, 0.05) is 18.7 Å². The average molecular weight is 388 g/mol. The monoisotopic (exact) mass is 388 g/mol. The Labute approximate surface area is 161 Å². The molecule has 0 aliphatic heterocycles. The summed E-state index contributed by atoms with van der Waals surface area (Å²) in [5.74, 6) is 1.31. The van der Waals surface area contributed by atoms with Crippen molar-refractivity contribution in [2.24, 2.45) is 5.92 Å². The maximum absolute atomic E-state index is 13.6. The third kappa shape index (κ3) is 4.97. The lowest BCUT2D eigenvalue weighted by atomic mass is 10.2. The largest absolute Gasteiger partial charge is 0.461 e. The molecule has 0 aliphatic rings. The zero-order valence-electron chi connectivity index (χ0n) is 15.2. The van der Waals surface area contributed by atoms with E-state index in [1.165, 1.54) is 17.8 Å². The van der Waals surface area contributed by atoms with Crippen molar-refractivity contribution in [3.8, 4) is 11.6 Å². The molecule has 0 aliphatic carbocycles. The first-order chi connectivity index (χ1) is 13.0. The van der Waals surface area contributed by atoms with Crippen LogP contribution in [0.2, 0.25) is 0 Å². The molecule has 27 heavy (non-hydrogen) atoms. The third-order valence-corrected chi connectivity index (χ3v) is 4.74. The van der Waals surface area contributed by atoms with Crippen LogP contribution >= 0.6 is 11.8 Å². The van der Waals surface area contributed by atoms with Crippen molar-refractivity contribution in [1.29, 1.82) is 0 Å². The highest BCUT2D eigenvalue weighted by atomic mass is 32.2. The minimum atomic E-state index is -0.329. The fourth-order valence-corrected chi connectivity index (χ4v) is 3.31. The lowest BCUT2D eigenvalue weighted by Crippen LogP contribution is -2.25. The molecule has 0 spiro atoms. The Hall–Kier alpha value is -2.61. The Balaban J connectivity index is 1.63. The van der Waals surface area contributed by atoms with Gasteiger partial charge in [-0.1, -0.05) is 43.8 Å². The van der Waals surface area contributed by atoms with E-state index in [2.05, 4.69) is 29.4 Å². The Bertz CT molecular complexity index is 893. The summed E-state index contributed by atoms with van der Waals surface area (Å²) in [6.07, 6.45) is 1.59. The number of carbonyl (C=O) groups is 1. The molecule has 0 bridgehead atoms. The number of hydrogen-bond acceptors (Lipinski definition) is 5. The zero-order valence-corrected chi connectivity index (χ0v) is 16.0. The second kappa shape index (κ2) is 8.85. The molecule has 1 aromatic carbocycles. The highest BCUT2D eigenvalue weighted by Gasteiger charge is 2.18. The van der Waals surface area contributed by atoms with Gasteiger partial charge in [-0.25, -0.2) is 4.39 Å². The van der Waals surface area contributed by atoms with Gasteiger partial charge in [-0.2, -0.15) is 0 Å². The SMILES string of the molecule is CC(C)Cn1c(SCC(=O)NCc2ccccc2F)nnc1-c1ccco1. The number of halogens is 1. The number of hydrogen-bond donors (Lipinski definition) is 1. The first-order valence-electron chi connectivity index (χ1n) is 8.64. The smallest absolute Gasteiger partial charge is 0.230 e. The molecule has 0 unspecified atom stereocenters. The van der Waals surface area contributed by atoms with E-state index in [9.17, 15) is 9.18 Å². The topological polar surface area (TPSA) is 73.0 Å². The number of furan rings is 1. The van der Waals surface area contributed by atoms with Crippen LogP contribution in [0.4, 0.5) is 4.39 Å². The van der Waals surface area contributed by atoms with Gasteiger partial charge in [0.15, 0.2) is 16.7 Å². The van der Waals surface area contributed by atoms with Gasteiger partial charge in [-0.3, -0.25) is 9.36 Å². The van der Waals surface area contributed by atoms with Crippen LogP contribution in [0.25, 0.3) is 11.6 Å². The van der Waals surface area contributed by atoms with Crippen molar-refractivity contribution in [3.63, 3.8) is 0 Å². The predicted molar refractivity (Wildman–Crippen MR) is 102 cm³/mol. The minimum absolute atomic E-state index is 0.155. The van der Waals surface area contributed by atoms with Crippen molar-refractivity contribution in [2.45, 2.75) is 32.1 Å². The normalized spacial score (nSPS) is 11.1. The molecule has 1 amide bonds. The number of rotatable bonds is 8. The molecular formula is C19H21FN4O2S. The van der Waals surface area contributed by atoms with E-state index < -0.39 is 0 Å². The Morgan fingerprint density at radius 1 is 1.26 bits per heavy atom. The molecule has 1 N–H and O–H groups in total. The van der Waals surface area contributed by atoms with Gasteiger partial charge in [-0.05, 0) is 24.1 Å². The Morgan fingerprint density at radius 2 is 2.07 bits per heavy atom. The zero-order chi connectivity index (χ0) is 19.2. The lowest BCUT2D eigenvalue weighted by Gasteiger charge is -2.11. The van der Waals surface area contributed by atoms with Crippen LogP contribution in [-0.2, 0) is 17.9 Å². The maximum atomic E-state index is 13.6. The first kappa shape index (κ1) is 19.2. The van der Waals surface area contributed by atoms with E-state index >= 15 is 0 Å². The maximum Gasteiger partial charge on any atom is 0.230 e. The fraction of sp³-hybridized carbons (Fsp3) is 0.316. The van der Waals surface area contributed by atoms with Crippen molar-refractivity contribution >= 4 is 17.7 Å². The van der Waals surface area contributed by atoms with Crippen LogP contribution in [0.5, 0.6) is 0 Å². The molecule has 2 heterocycles. The number of aromatic nitrogens is 3. The Morgan fingerprint density at radius 3 is 2.78 bits per heavy atom. The number of nitrogens with zero attached hydrogens (tertiary/aromatic N) is 3. The van der Waals surface area contributed by atoms with Gasteiger partial charge in [0.2, 0.25) is 5.91 Å². The summed E-state index contributed by atoms with van der Waals surface area (Å²) in [7, 11) is 0. The van der Waals surface area contributed by atoms with Crippen molar-refractivity contribution < 1.29 is 13.6 Å². The summed E-state index contributed by atoms with van der Waals surface area (Å²) >= 11 is 1.30. The molecule has 0 saturated carbocycles. The van der Waals surface area contributed by atoms with E-state index in [0.717, 1.165) is 0 Å². The quantitative estimate of drug-likeness (QED) is 0.595. The molecule has 3 aromatic rings. The molecule has 6 nitrogen and oxygen atoms in total. The van der Waals surface area contributed by atoms with E-state index in [1.54, 1.807) is 30.5 Å². The summed E-state index contributed by atoms with van der Waals surface area (Å²) in [4.78, 5) is 12.1. The lowest BCUT2D eigenvalue weighted by molar-refractivity contribution is -0.118. The van der Waals surface area contributed by atoms with Gasteiger partial charge in [0.1, 0.15) is 5.82 Å². The number of carbonyl (C=O) groups excluding carboxylic acids is 1. The van der Waals surface area contributed by atoms with Gasteiger partial charge in [0.05, 0.1) is 12.0 Å². The summed E-state index contributed by atoms with van der Waals surface area (Å²) < 4.78 is 21.0. The summed E-state index contributed by atoms with van der Waals surface area (Å²) in [6.45, 7) is 5.06. The molecule has 0 radical (unpaired) electrons. The van der Waals surface area contributed by atoms with Crippen LogP contribution < -0.4 is 5.32 Å². The molecule has 0 saturated heterocycles. The number of benzene rings is 1. The van der Waals surface area contributed by atoms with Crippen LogP contribution in [0.3, 0.4) is 0 Å². The molecule has 142 valence electrons. The van der Waals surface area contributed by atoms with E-state index in [1.807, 2.05) is 10.6 Å². The fourth-order valence-electron chi connectivity index (χ4n) is 2.53. The standard InChI is InChI=1S/C19H21FN4O2S/c1-13(2)11-24-18(16-8-5-9-26-16)22-23-19(24)27-12-17(25)21-10-14-6-3-4-7-15(14)20/h3-9,13H,10-12H2,1-2H3,(H,21,25). The van der Waals surface area contributed by atoms with E-state index in [4.69, 9.17) is 4.42 Å². The van der Waals surface area contributed by atoms with E-state index in [0.29, 0.717) is 34.8 Å². The van der Waals surface area contributed by atoms with Gasteiger partial charge < -0.3 is 9.73 Å². The van der Waals surface area contributed by atoms with Crippen molar-refractivity contribution in [3.05, 3.63) is 54.0 Å². The average Bonchev–Trinajstić information content (AvgIpc) is 3.28. The van der Waals surface area contributed by atoms with Crippen molar-refractivity contribution in [2.75, 3.05) is 5.75 Å². The summed E-state index contributed by atoms with van der Waals surface area (Å²) in [6, 6.07) is 10.0. The van der Waals surface area contributed by atoms with Crippen molar-refractivity contribution in [1.82, 2.24) is 20.1 Å². The summed E-state index contributed by atoms with van der Waals surface area (Å²) in [5, 5.41) is 11.8. The van der Waals surface area contributed by atoms with Gasteiger partial charge in [0.25, 0.3) is 0 Å². The summed E-state index contributed by atoms with van der Waals surface area (Å²) in [5.41, 5.74) is 0.457. The first-order valence-corrected chi connectivity index (χ1v) is 9.63. The number of thioether (sulfide) groups is 1. The minimum Gasteiger partial charge on any atom is -0.461 e. The van der Waals surface area contributed by atoms with Crippen LogP contribution in [-0.4, -0.2) is 26.4 Å². The highest BCUT2D eigenvalue weighted by molar-refractivity contribution is 7.99. The van der Waals surface area contributed by atoms with E-state index in [-0.39, 0.29) is 24.0 Å². The molecular weight excluding hydrogens is 367 g/mol. The highest BCUT2D eigenvalue weighted by Crippen LogP contribution is 2.25. The molecule has 0 atom stereocenters. The van der Waals surface area contributed by atoms with Gasteiger partial charge >= 0.3 is 0 Å². The molecule has 3 rings (SSSR count). The number of amides is 1. The van der Waals surface area contributed by atoms with Gasteiger partial charge in [-0.15, -0.1) is 10.2 Å². The Kier molecular flexibility index (Phi) is 6.28. The van der Waals surface area contributed by atoms with Crippen LogP contribution in [0.15, 0.2) is 52.2 Å². The third-order valence-electron chi connectivity index (χ3n) is 3.77. The molecule has 8 heteroatoms. The predicted octanol–water partition coefficient (Wildman–Crippen LogP) is 3.74. The van der Waals surface area contributed by atoms with Crippen LogP contribution in [0, 0.1) is 11.7 Å². The van der Waals surface area contributed by atoms with Crippen LogP contribution in [0.1, 0.15) is 19.4 Å². The second-order valence-electron chi connectivity index (χ2n) is 6.44. The number of nitrogens with one attached hydrogen (secondary N) is 1. The molecule has 2 aromatic heterocycles. The second-order valence-corrected chi connectivity index (χ2v) is 7.39. The molecule has 0 fully saturated rings.